The van der Waals surface area contributed by atoms with Gasteiger partial charge in [-0.25, -0.2) is 0 Å². The second kappa shape index (κ2) is 9.50. The highest BCUT2D eigenvalue weighted by molar-refractivity contribution is 5.97. The van der Waals surface area contributed by atoms with Crippen LogP contribution in [0, 0.1) is 25.2 Å². The Morgan fingerprint density at radius 3 is 2.68 bits per heavy atom. The van der Waals surface area contributed by atoms with Gasteiger partial charge in [-0.1, -0.05) is 12.1 Å². The zero-order valence-corrected chi connectivity index (χ0v) is 17.2. The Morgan fingerprint density at radius 1 is 1.16 bits per heavy atom. The molecule has 2 N–H and O–H groups in total. The summed E-state index contributed by atoms with van der Waals surface area (Å²) in [4.78, 5) is 41.4. The van der Waals surface area contributed by atoms with Gasteiger partial charge in [0, 0.05) is 35.9 Å². The third kappa shape index (κ3) is 5.22. The van der Waals surface area contributed by atoms with Gasteiger partial charge in [0.15, 0.2) is 0 Å². The maximum absolute atomic E-state index is 12.5. The topological polar surface area (TPSA) is 117 Å². The summed E-state index contributed by atoms with van der Waals surface area (Å²) in [5.41, 5.74) is 2.36. The third-order valence-corrected chi connectivity index (χ3v) is 4.70. The number of aromatic nitrogens is 2. The van der Waals surface area contributed by atoms with Crippen molar-refractivity contribution >= 4 is 17.5 Å². The molecule has 3 rings (SSSR count). The van der Waals surface area contributed by atoms with E-state index in [0.717, 1.165) is 5.56 Å². The van der Waals surface area contributed by atoms with Crippen molar-refractivity contribution in [2.45, 2.75) is 26.9 Å². The van der Waals surface area contributed by atoms with Gasteiger partial charge in [0.05, 0.1) is 0 Å². The van der Waals surface area contributed by atoms with Crippen LogP contribution in [0.15, 0.2) is 59.7 Å². The quantitative estimate of drug-likeness (QED) is 0.641. The van der Waals surface area contributed by atoms with E-state index in [2.05, 4.69) is 15.6 Å². The molecule has 0 saturated heterocycles. The summed E-state index contributed by atoms with van der Waals surface area (Å²) >= 11 is 0. The normalized spacial score (nSPS) is 10.2. The number of nitrogens with one attached hydrogen (secondary N) is 2. The third-order valence-electron chi connectivity index (χ3n) is 4.70. The fraction of sp³-hybridized carbons (Fsp3) is 0.174. The summed E-state index contributed by atoms with van der Waals surface area (Å²) < 4.78 is 1.26. The average molecular weight is 415 g/mol. The highest BCUT2D eigenvalue weighted by Crippen LogP contribution is 2.12. The number of carbonyl (C=O) groups excluding carboxylic acids is 2. The standard InChI is InChI=1S/C23H21N5O3/c1-15-9-16(2)28(23(31)20(15)11-24)14-21(29)27-19-7-3-6-18(10-19)22(30)26-13-17-5-4-8-25-12-17/h3-10,12H,13-14H2,1-2H3,(H,26,30)(H,27,29). The number of anilines is 1. The second-order valence-electron chi connectivity index (χ2n) is 7.02. The molecule has 156 valence electrons. The minimum atomic E-state index is -0.501. The molecule has 8 nitrogen and oxygen atoms in total. The van der Waals surface area contributed by atoms with Crippen LogP contribution in [0.25, 0.3) is 0 Å². The van der Waals surface area contributed by atoms with E-state index in [9.17, 15) is 19.6 Å². The fourth-order valence-corrected chi connectivity index (χ4v) is 3.13. The zero-order chi connectivity index (χ0) is 22.4. The molecule has 0 radical (unpaired) electrons. The lowest BCUT2D eigenvalue weighted by Crippen LogP contribution is -2.31. The van der Waals surface area contributed by atoms with E-state index in [1.165, 1.54) is 4.57 Å². The molecule has 0 saturated carbocycles. The Hall–Kier alpha value is -4.25. The number of pyridine rings is 2. The van der Waals surface area contributed by atoms with Gasteiger partial charge in [-0.15, -0.1) is 0 Å². The number of hydrogen-bond acceptors (Lipinski definition) is 5. The molecule has 0 atom stereocenters. The molecule has 0 aliphatic heterocycles. The SMILES string of the molecule is Cc1cc(C)n(CC(=O)Nc2cccc(C(=O)NCc3cccnc3)c2)c(=O)c1C#N. The van der Waals surface area contributed by atoms with Gasteiger partial charge in [-0.3, -0.25) is 19.4 Å². The van der Waals surface area contributed by atoms with Crippen LogP contribution in [0.4, 0.5) is 5.69 Å². The molecule has 31 heavy (non-hydrogen) atoms. The van der Waals surface area contributed by atoms with Crippen molar-refractivity contribution in [3.05, 3.63) is 93.2 Å². The molecule has 2 aromatic heterocycles. The van der Waals surface area contributed by atoms with Crippen LogP contribution >= 0.6 is 0 Å². The van der Waals surface area contributed by atoms with Crippen molar-refractivity contribution in [2.75, 3.05) is 5.32 Å². The van der Waals surface area contributed by atoms with E-state index in [1.54, 1.807) is 62.6 Å². The fourth-order valence-electron chi connectivity index (χ4n) is 3.13. The lowest BCUT2D eigenvalue weighted by molar-refractivity contribution is -0.116. The second-order valence-corrected chi connectivity index (χ2v) is 7.02. The lowest BCUT2D eigenvalue weighted by atomic mass is 10.1. The first-order valence-corrected chi connectivity index (χ1v) is 9.57. The van der Waals surface area contributed by atoms with Crippen molar-refractivity contribution in [1.82, 2.24) is 14.9 Å². The van der Waals surface area contributed by atoms with Gasteiger partial charge < -0.3 is 15.2 Å². The molecule has 0 spiro atoms. The predicted molar refractivity (Wildman–Crippen MR) is 115 cm³/mol. The Labute approximate surface area is 179 Å². The van der Waals surface area contributed by atoms with Gasteiger partial charge in [0.1, 0.15) is 18.2 Å². The molecule has 8 heteroatoms. The van der Waals surface area contributed by atoms with Crippen molar-refractivity contribution in [3.63, 3.8) is 0 Å². The number of amides is 2. The van der Waals surface area contributed by atoms with Gasteiger partial charge in [0.25, 0.3) is 11.5 Å². The molecule has 0 aliphatic carbocycles. The maximum Gasteiger partial charge on any atom is 0.269 e. The largest absolute Gasteiger partial charge is 0.348 e. The summed E-state index contributed by atoms with van der Waals surface area (Å²) in [6, 6.07) is 13.7. The average Bonchev–Trinajstić information content (AvgIpc) is 2.76. The molecular formula is C23H21N5O3. The molecular weight excluding hydrogens is 394 g/mol. The van der Waals surface area contributed by atoms with Crippen LogP contribution in [0.3, 0.4) is 0 Å². The van der Waals surface area contributed by atoms with Crippen molar-refractivity contribution < 1.29 is 9.59 Å². The Balaban J connectivity index is 1.68. The number of rotatable bonds is 6. The first kappa shape index (κ1) is 21.5. The van der Waals surface area contributed by atoms with Crippen molar-refractivity contribution in [2.24, 2.45) is 0 Å². The van der Waals surface area contributed by atoms with Gasteiger partial charge in [0.2, 0.25) is 5.91 Å². The smallest absolute Gasteiger partial charge is 0.269 e. The molecule has 1 aromatic carbocycles. The van der Waals surface area contributed by atoms with Crippen molar-refractivity contribution in [1.29, 1.82) is 5.26 Å². The van der Waals surface area contributed by atoms with Gasteiger partial charge in [-0.05, 0) is 55.3 Å². The van der Waals surface area contributed by atoms with E-state index in [4.69, 9.17) is 0 Å². The van der Waals surface area contributed by atoms with Crippen LogP contribution < -0.4 is 16.2 Å². The molecule has 2 heterocycles. The minimum Gasteiger partial charge on any atom is -0.348 e. The van der Waals surface area contributed by atoms with Crippen LogP contribution in [0.1, 0.15) is 32.7 Å². The van der Waals surface area contributed by atoms with Crippen LogP contribution in [-0.2, 0) is 17.9 Å². The highest BCUT2D eigenvalue weighted by atomic mass is 16.2. The highest BCUT2D eigenvalue weighted by Gasteiger charge is 2.14. The Bertz CT molecular complexity index is 1230. The van der Waals surface area contributed by atoms with Crippen LogP contribution in [0.5, 0.6) is 0 Å². The zero-order valence-electron chi connectivity index (χ0n) is 17.2. The maximum atomic E-state index is 12.5. The van der Waals surface area contributed by atoms with Gasteiger partial charge >= 0.3 is 0 Å². The Morgan fingerprint density at radius 2 is 1.97 bits per heavy atom. The molecule has 2 amide bonds. The summed E-state index contributed by atoms with van der Waals surface area (Å²) in [5, 5.41) is 14.7. The summed E-state index contributed by atoms with van der Waals surface area (Å²) in [5.74, 6) is -0.727. The van der Waals surface area contributed by atoms with E-state index in [-0.39, 0.29) is 18.0 Å². The molecule has 0 fully saturated rings. The van der Waals surface area contributed by atoms with Crippen LogP contribution in [-0.4, -0.2) is 21.4 Å². The number of benzene rings is 1. The molecule has 0 unspecified atom stereocenters. The van der Waals surface area contributed by atoms with E-state index < -0.39 is 11.5 Å². The number of hydrogen-bond donors (Lipinski definition) is 2. The molecule has 0 aliphatic rings. The van der Waals surface area contributed by atoms with E-state index >= 15 is 0 Å². The van der Waals surface area contributed by atoms with Gasteiger partial charge in [-0.2, -0.15) is 5.26 Å². The Kier molecular flexibility index (Phi) is 6.58. The molecule has 0 bridgehead atoms. The number of aryl methyl sites for hydroxylation is 2. The first-order valence-electron chi connectivity index (χ1n) is 9.57. The minimum absolute atomic E-state index is 0.0192. The summed E-state index contributed by atoms with van der Waals surface area (Å²) in [6.07, 6.45) is 3.33. The lowest BCUT2D eigenvalue weighted by Gasteiger charge is -2.12. The van der Waals surface area contributed by atoms with Crippen molar-refractivity contribution in [3.8, 4) is 6.07 Å². The van der Waals surface area contributed by atoms with E-state index in [0.29, 0.717) is 29.1 Å². The predicted octanol–water partition coefficient (Wildman–Crippen LogP) is 2.30. The number of nitriles is 1. The molecule has 3 aromatic rings. The first-order chi connectivity index (χ1) is 14.9. The van der Waals surface area contributed by atoms with E-state index in [1.807, 2.05) is 12.1 Å². The monoisotopic (exact) mass is 415 g/mol. The number of nitrogens with zero attached hydrogens (tertiary/aromatic N) is 3. The van der Waals surface area contributed by atoms with Crippen LogP contribution in [0.2, 0.25) is 0 Å². The summed E-state index contributed by atoms with van der Waals surface area (Å²) in [6.45, 7) is 3.48. The summed E-state index contributed by atoms with van der Waals surface area (Å²) in [7, 11) is 0. The number of carbonyl (C=O) groups is 2.